The van der Waals surface area contributed by atoms with Crippen molar-refractivity contribution in [2.45, 2.75) is 0 Å². The predicted octanol–water partition coefficient (Wildman–Crippen LogP) is -8.69. The van der Waals surface area contributed by atoms with Gasteiger partial charge < -0.3 is 24.8 Å². The summed E-state index contributed by atoms with van der Waals surface area (Å²) in [5.41, 5.74) is 0. The van der Waals surface area contributed by atoms with Gasteiger partial charge in [-0.25, -0.2) is 0 Å². The number of nitrogens with one attached hydrogen (secondary N) is 4. The maximum Gasteiger partial charge on any atom is 2.00 e. The molecule has 0 aromatic rings. The van der Waals surface area contributed by atoms with Crippen molar-refractivity contribution in [2.75, 3.05) is 0 Å². The van der Waals surface area contributed by atoms with Crippen LogP contribution in [0.2, 0.25) is 0 Å². The van der Waals surface area contributed by atoms with Crippen molar-refractivity contribution < 1.29 is 77.2 Å². The van der Waals surface area contributed by atoms with E-state index in [1.807, 2.05) is 24.3 Å². The summed E-state index contributed by atoms with van der Waals surface area (Å²) < 4.78 is 20.7. The van der Waals surface area contributed by atoms with Gasteiger partial charge in [0.15, 0.2) is 0 Å². The van der Waals surface area contributed by atoms with E-state index in [0.717, 1.165) is 0 Å². The second kappa shape index (κ2) is 31.0. The van der Waals surface area contributed by atoms with E-state index in [1.165, 1.54) is 0 Å². The van der Waals surface area contributed by atoms with Gasteiger partial charge in [0.05, 0.1) is 0 Å². The van der Waals surface area contributed by atoms with Crippen molar-refractivity contribution in [3.05, 3.63) is 49.1 Å². The summed E-state index contributed by atoms with van der Waals surface area (Å²) in [4.78, 5) is 0. The summed E-state index contributed by atoms with van der Waals surface area (Å²) in [6.07, 6.45) is 19.2. The smallest absolute Gasteiger partial charge is 1.00 e. The molecule has 0 saturated heterocycles. The summed E-state index contributed by atoms with van der Waals surface area (Å²) in [7, 11) is 0. The van der Waals surface area contributed by atoms with Gasteiger partial charge in [-0.3, -0.25) is 0 Å². The van der Waals surface area contributed by atoms with Gasteiger partial charge in [-0.15, -0.1) is 0 Å². The van der Waals surface area contributed by atoms with Gasteiger partial charge in [0, 0.05) is 0 Å². The maximum atomic E-state index is 3.01. The van der Waals surface area contributed by atoms with Crippen molar-refractivity contribution in [3.8, 4) is 0 Å². The first-order valence-electron chi connectivity index (χ1n) is 5.42. The van der Waals surface area contributed by atoms with Crippen LogP contribution >= 0.6 is 0 Å². The molecule has 4 heterocycles. The Balaban J connectivity index is -0.000000105. The molecule has 0 aromatic carbocycles. The van der Waals surface area contributed by atoms with Crippen molar-refractivity contribution in [3.63, 3.8) is 0 Å². The Morgan fingerprint density at radius 2 is 0.667 bits per heavy atom. The Morgan fingerprint density at radius 3 is 0.708 bits per heavy atom. The quantitative estimate of drug-likeness (QED) is 0.144. The molecule has 4 nitrogen and oxygen atoms in total. The Hall–Kier alpha value is 3.26. The van der Waals surface area contributed by atoms with E-state index >= 15 is 0 Å². The van der Waals surface area contributed by atoms with Crippen LogP contribution in [0, 0.1) is 24.8 Å². The van der Waals surface area contributed by atoms with Crippen molar-refractivity contribution in [2.24, 2.45) is 0 Å². The molecule has 0 aromatic heterocycles. The standard InChI is InChI=1S/4C3H3N.2ClH.4Sb.2Zr/c4*1-2-3-4;;;;;;;;/h4*1-2,4H;2*1H;;;;;;/q4*-2;;;4*+1;2*+2/p-2. The first-order chi connectivity index (χ1) is 10.0. The van der Waals surface area contributed by atoms with Crippen LogP contribution in [0.1, 0.15) is 0 Å². The second-order valence-electron chi connectivity index (χ2n) is 2.80. The zero-order valence-corrected chi connectivity index (χ0v) is 28.8. The molecule has 0 aliphatic carbocycles. The molecule has 0 saturated carbocycles. The second-order valence-corrected chi connectivity index (χ2v) is 11.7. The summed E-state index contributed by atoms with van der Waals surface area (Å²) in [5.74, 6) is 0. The Kier molecular flexibility index (Phi) is 44.8. The van der Waals surface area contributed by atoms with Crippen LogP contribution in [0.5, 0.6) is 0 Å². The molecule has 0 unspecified atom stereocenters. The zero-order chi connectivity index (χ0) is 14.1. The molecule has 4 aliphatic rings. The molecular weight excluding hydrogens is 941 g/mol. The number of hydrogen-bond acceptors (Lipinski definition) is 4. The maximum absolute atomic E-state index is 3.01. The number of halogens is 2. The normalized spacial score (nSPS) is 13.3. The average Bonchev–Trinajstić information content (AvgIpc) is 3.40. The average molecular weight is 953 g/mol. The Morgan fingerprint density at radius 1 is 0.458 bits per heavy atom. The molecule has 0 amide bonds. The minimum absolute atomic E-state index is 0. The van der Waals surface area contributed by atoms with Crippen LogP contribution in [0.3, 0.4) is 0 Å². The number of allylic oxidation sites excluding steroid dienone is 4. The predicted molar refractivity (Wildman–Crippen MR) is 91.1 cm³/mol. The van der Waals surface area contributed by atoms with Crippen LogP contribution in [0.25, 0.3) is 0 Å². The summed E-state index contributed by atoms with van der Waals surface area (Å²) in [5, 5.41) is 0. The van der Waals surface area contributed by atoms with Crippen molar-refractivity contribution in [1.82, 2.24) is 13.9 Å². The van der Waals surface area contributed by atoms with Gasteiger partial charge >= 0.3 is 217 Å². The molecule has 0 bridgehead atoms. The van der Waals surface area contributed by atoms with Gasteiger partial charge in [0.2, 0.25) is 0 Å². The Labute approximate surface area is 236 Å². The van der Waals surface area contributed by atoms with Gasteiger partial charge in [-0.1, -0.05) is 0 Å². The minimum atomic E-state index is -0.0750. The molecular formula is C12H12Cl2N4Sb4Zr2-2. The van der Waals surface area contributed by atoms with E-state index in [-0.39, 0.29) is 163 Å². The van der Waals surface area contributed by atoms with Crippen molar-refractivity contribution in [1.29, 1.82) is 0 Å². The van der Waals surface area contributed by atoms with Crippen LogP contribution in [0.15, 0.2) is 24.3 Å². The van der Waals surface area contributed by atoms with Crippen LogP contribution in [0.4, 0.5) is 0 Å². The topological polar surface area (TPSA) is 48.1 Å². The third-order valence-electron chi connectivity index (χ3n) is 1.45. The number of hydrogen-bond donors (Lipinski definition) is 4. The van der Waals surface area contributed by atoms with E-state index in [1.54, 1.807) is 0 Å². The molecule has 4 rings (SSSR count). The fourth-order valence-electron chi connectivity index (χ4n) is 0.745. The zero-order valence-electron chi connectivity index (χ0n) is 12.2. The van der Waals surface area contributed by atoms with Crippen LogP contribution in [-0.2, 0) is 52.4 Å². The SMILES string of the molecule is [C-]1=C[CH]=[Sb][NH]1.[C-]1=C[CH]=[Sb][NH]1.[C-]1=C[CH]=[Sb][NH]1.[C-]1=C[CH]=[Sb][NH]1.[Cl-].[Cl-].[Zr+2].[Zr+2]. The van der Waals surface area contributed by atoms with E-state index in [9.17, 15) is 0 Å². The van der Waals surface area contributed by atoms with Gasteiger partial charge in [-0.2, -0.15) is 0 Å². The molecule has 12 heteroatoms. The molecule has 4 aliphatic heterocycles. The summed E-state index contributed by atoms with van der Waals surface area (Å²) in [6, 6.07) is 0. The van der Waals surface area contributed by atoms with Crippen molar-refractivity contribution >= 4 is 101 Å². The summed E-state index contributed by atoms with van der Waals surface area (Å²) in [6.45, 7) is 0. The molecule has 24 heavy (non-hydrogen) atoms. The minimum Gasteiger partial charge on any atom is -1.00 e. The van der Waals surface area contributed by atoms with Gasteiger partial charge in [0.1, 0.15) is 0 Å². The first kappa shape index (κ1) is 34.7. The van der Waals surface area contributed by atoms with E-state index < -0.39 is 0 Å². The van der Waals surface area contributed by atoms with Crippen LogP contribution < -0.4 is 38.7 Å². The summed E-state index contributed by atoms with van der Waals surface area (Å²) >= 11 is -0.300. The Bertz CT molecular complexity index is 367. The fourth-order valence-corrected chi connectivity index (χ4v) is 5.00. The third kappa shape index (κ3) is 27.5. The van der Waals surface area contributed by atoms with Gasteiger partial charge in [0.25, 0.3) is 0 Å². The van der Waals surface area contributed by atoms with E-state index in [0.29, 0.717) is 0 Å². The third-order valence-corrected chi connectivity index (χ3v) is 7.80. The van der Waals surface area contributed by atoms with Gasteiger partial charge in [-0.05, 0) is 0 Å². The molecule has 124 valence electrons. The number of rotatable bonds is 0. The molecule has 0 atom stereocenters. The first-order valence-corrected chi connectivity index (χ1v) is 16.4. The van der Waals surface area contributed by atoms with Crippen LogP contribution in [-0.4, -0.2) is 101 Å². The monoisotopic (exact) mass is 945 g/mol. The molecule has 0 fully saturated rings. The molecule has 4 N–H and O–H groups in total. The molecule has 0 radical (unpaired) electrons. The van der Waals surface area contributed by atoms with E-state index in [4.69, 9.17) is 0 Å². The largest absolute Gasteiger partial charge is 2.00 e. The molecule has 0 spiro atoms. The fraction of sp³-hybridized carbons (Fsp3) is 0. The van der Waals surface area contributed by atoms with E-state index in [2.05, 4.69) is 54.5 Å².